The minimum absolute atomic E-state index is 0.231. The molecule has 0 heterocycles. The summed E-state index contributed by atoms with van der Waals surface area (Å²) in [6.45, 7) is 3.28. The summed E-state index contributed by atoms with van der Waals surface area (Å²) in [5, 5.41) is 16.6. The molecule has 98 valence electrons. The van der Waals surface area contributed by atoms with Crippen LogP contribution < -0.4 is 0 Å². The molecule has 6 nitrogen and oxygen atoms in total. The molecule has 0 saturated carbocycles. The second-order valence-electron chi connectivity index (χ2n) is 3.11. The topological polar surface area (TPSA) is 115 Å². The highest BCUT2D eigenvalue weighted by atomic mass is 31.1. The van der Waals surface area contributed by atoms with Crippen molar-refractivity contribution in [3.63, 3.8) is 0 Å². The third-order valence-electron chi connectivity index (χ3n) is 1.25. The molecule has 0 aliphatic heterocycles. The van der Waals surface area contributed by atoms with E-state index in [1.165, 1.54) is 0 Å². The van der Waals surface area contributed by atoms with Crippen molar-refractivity contribution in [1.29, 1.82) is 0 Å². The van der Waals surface area contributed by atoms with Gasteiger partial charge in [0.15, 0.2) is 0 Å². The molecule has 0 aromatic heterocycles. The van der Waals surface area contributed by atoms with Gasteiger partial charge in [0.05, 0.1) is 5.92 Å². The average molecular weight is 264 g/mol. The second-order valence-corrected chi connectivity index (χ2v) is 3.68. The Morgan fingerprint density at radius 2 is 1.47 bits per heavy atom. The molecule has 0 aliphatic rings. The van der Waals surface area contributed by atoms with Gasteiger partial charge in [-0.25, -0.2) is 0 Å². The van der Waals surface area contributed by atoms with Crippen LogP contribution in [0.3, 0.4) is 0 Å². The summed E-state index contributed by atoms with van der Waals surface area (Å²) >= 11 is 0. The number of aromatic hydroxyl groups is 1. The Kier molecular flexibility index (Phi) is 11.8. The number of para-hydroxylation sites is 1. The van der Waals surface area contributed by atoms with Crippen LogP contribution in [0.5, 0.6) is 5.75 Å². The van der Waals surface area contributed by atoms with Crippen LogP contribution in [0.2, 0.25) is 0 Å². The number of aliphatic carboxylic acids is 1. The van der Waals surface area contributed by atoms with Gasteiger partial charge in [-0.3, -0.25) is 9.36 Å². The fourth-order valence-electron chi connectivity index (χ4n) is 0.428. The Morgan fingerprint density at radius 1 is 1.18 bits per heavy atom. The van der Waals surface area contributed by atoms with E-state index in [0.29, 0.717) is 5.75 Å². The fourth-order valence-corrected chi connectivity index (χ4v) is 0.428. The number of hydrogen-bond acceptors (Lipinski definition) is 3. The summed E-state index contributed by atoms with van der Waals surface area (Å²) in [5.74, 6) is -0.650. The van der Waals surface area contributed by atoms with E-state index >= 15 is 0 Å². The maximum atomic E-state index is 9.70. The standard InChI is InChI=1S/C6H6O.C4H8O2.H3O3P/c7-6-4-2-1-3-5-6;1-3(2)4(5)6;1-4(2)3/h1-5,7H;3H,1-2H3,(H,5,6);4H,(H2,1,2,3). The SMILES string of the molecule is CC(C)C(=O)O.O=[PH](O)O.Oc1ccccc1. The second kappa shape index (κ2) is 11.1. The number of carboxylic acid groups (broad SMARTS) is 1. The maximum absolute atomic E-state index is 9.70. The molecule has 0 bridgehead atoms. The van der Waals surface area contributed by atoms with E-state index in [1.54, 1.807) is 38.1 Å². The predicted octanol–water partition coefficient (Wildman–Crippen LogP) is 1.48. The highest BCUT2D eigenvalue weighted by Gasteiger charge is 1.99. The molecule has 0 fully saturated rings. The lowest BCUT2D eigenvalue weighted by atomic mass is 10.2. The van der Waals surface area contributed by atoms with E-state index < -0.39 is 14.2 Å². The smallest absolute Gasteiger partial charge is 0.314 e. The molecule has 0 amide bonds. The average Bonchev–Trinajstić information content (AvgIpc) is 2.18. The van der Waals surface area contributed by atoms with Gasteiger partial charge in [-0.15, -0.1) is 0 Å². The number of phenols is 1. The van der Waals surface area contributed by atoms with E-state index in [1.807, 2.05) is 6.07 Å². The summed E-state index contributed by atoms with van der Waals surface area (Å²) in [5.41, 5.74) is 0. The van der Waals surface area contributed by atoms with Gasteiger partial charge in [-0.1, -0.05) is 32.0 Å². The van der Waals surface area contributed by atoms with Crippen LogP contribution in [0.1, 0.15) is 13.8 Å². The Balaban J connectivity index is 0. The van der Waals surface area contributed by atoms with Crippen molar-refractivity contribution in [2.24, 2.45) is 5.92 Å². The van der Waals surface area contributed by atoms with Gasteiger partial charge in [0.25, 0.3) is 0 Å². The molecule has 4 N–H and O–H groups in total. The molecule has 0 aliphatic carbocycles. The fraction of sp³-hybridized carbons (Fsp3) is 0.300. The zero-order chi connectivity index (χ0) is 13.8. The quantitative estimate of drug-likeness (QED) is 0.571. The minimum Gasteiger partial charge on any atom is -0.508 e. The Morgan fingerprint density at radius 3 is 1.59 bits per heavy atom. The first kappa shape index (κ1) is 18.0. The zero-order valence-corrected chi connectivity index (χ0v) is 10.6. The number of benzene rings is 1. The highest BCUT2D eigenvalue weighted by molar-refractivity contribution is 7.30. The molecule has 7 heteroatoms. The summed E-state index contributed by atoms with van der Waals surface area (Å²) in [4.78, 5) is 24.0. The van der Waals surface area contributed by atoms with Crippen LogP contribution in [-0.2, 0) is 9.36 Å². The van der Waals surface area contributed by atoms with E-state index in [-0.39, 0.29) is 5.92 Å². The van der Waals surface area contributed by atoms with Crippen molar-refractivity contribution in [3.05, 3.63) is 30.3 Å². The van der Waals surface area contributed by atoms with Crippen LogP contribution in [0, 0.1) is 5.92 Å². The van der Waals surface area contributed by atoms with Gasteiger partial charge in [0.2, 0.25) is 0 Å². The first-order valence-corrected chi connectivity index (χ1v) is 5.96. The summed E-state index contributed by atoms with van der Waals surface area (Å²) in [7, 11) is -3.13. The molecule has 17 heavy (non-hydrogen) atoms. The first-order chi connectivity index (χ1) is 7.77. The van der Waals surface area contributed by atoms with E-state index in [4.69, 9.17) is 24.6 Å². The number of phenolic OH excluding ortho intramolecular Hbond substituents is 1. The Labute approximate surface area is 100 Å². The minimum atomic E-state index is -3.13. The van der Waals surface area contributed by atoms with Crippen molar-refractivity contribution >= 4 is 14.2 Å². The van der Waals surface area contributed by atoms with Gasteiger partial charge in [0, 0.05) is 0 Å². The van der Waals surface area contributed by atoms with Crippen molar-refractivity contribution in [3.8, 4) is 5.75 Å². The molecule has 0 unspecified atom stereocenters. The monoisotopic (exact) mass is 264 g/mol. The van der Waals surface area contributed by atoms with Crippen LogP contribution in [0.25, 0.3) is 0 Å². The summed E-state index contributed by atoms with van der Waals surface area (Å²) in [6, 6.07) is 8.71. The van der Waals surface area contributed by atoms with Gasteiger partial charge in [-0.2, -0.15) is 0 Å². The molecular weight excluding hydrogens is 247 g/mol. The van der Waals surface area contributed by atoms with Gasteiger partial charge in [-0.05, 0) is 12.1 Å². The van der Waals surface area contributed by atoms with E-state index in [9.17, 15) is 4.79 Å². The summed E-state index contributed by atoms with van der Waals surface area (Å²) in [6.07, 6.45) is 0. The highest BCUT2D eigenvalue weighted by Crippen LogP contribution is 2.02. The van der Waals surface area contributed by atoms with Crippen molar-refractivity contribution in [2.45, 2.75) is 13.8 Å². The Hall–Kier alpha value is -1.36. The zero-order valence-electron chi connectivity index (χ0n) is 9.57. The van der Waals surface area contributed by atoms with E-state index in [2.05, 4.69) is 0 Å². The van der Waals surface area contributed by atoms with Gasteiger partial charge < -0.3 is 20.0 Å². The maximum Gasteiger partial charge on any atom is 0.314 e. The van der Waals surface area contributed by atoms with Gasteiger partial charge in [0.1, 0.15) is 5.75 Å². The van der Waals surface area contributed by atoms with Crippen LogP contribution >= 0.6 is 8.25 Å². The number of hydrogen-bond donors (Lipinski definition) is 4. The van der Waals surface area contributed by atoms with Crippen molar-refractivity contribution < 1.29 is 29.4 Å². The number of carbonyl (C=O) groups is 1. The molecule has 0 atom stereocenters. The largest absolute Gasteiger partial charge is 0.508 e. The number of rotatable bonds is 1. The molecule has 0 radical (unpaired) electrons. The molecule has 0 spiro atoms. The Bertz CT molecular complexity index is 321. The molecule has 1 aromatic rings. The van der Waals surface area contributed by atoms with Crippen molar-refractivity contribution in [2.75, 3.05) is 0 Å². The third-order valence-corrected chi connectivity index (χ3v) is 1.25. The van der Waals surface area contributed by atoms with E-state index in [0.717, 1.165) is 0 Å². The predicted molar refractivity (Wildman–Crippen MR) is 64.0 cm³/mol. The molecule has 1 aromatic carbocycles. The van der Waals surface area contributed by atoms with Crippen molar-refractivity contribution in [1.82, 2.24) is 0 Å². The van der Waals surface area contributed by atoms with Crippen LogP contribution in [-0.4, -0.2) is 26.0 Å². The van der Waals surface area contributed by atoms with Gasteiger partial charge >= 0.3 is 14.2 Å². The molecule has 0 saturated heterocycles. The van der Waals surface area contributed by atoms with Crippen LogP contribution in [0.4, 0.5) is 0 Å². The lowest BCUT2D eigenvalue weighted by Gasteiger charge is -1.89. The first-order valence-electron chi connectivity index (χ1n) is 4.66. The van der Waals surface area contributed by atoms with Crippen LogP contribution in [0.15, 0.2) is 30.3 Å². The molecule has 1 rings (SSSR count). The normalized spacial score (nSPS) is 8.82. The lowest BCUT2D eigenvalue weighted by Crippen LogP contribution is -2.03. The third kappa shape index (κ3) is 20.7. The summed E-state index contributed by atoms with van der Waals surface area (Å²) < 4.78 is 8.74. The lowest BCUT2D eigenvalue weighted by molar-refractivity contribution is -0.140. The molecular formula is C10H17O6P. The number of carboxylic acids is 1.